The molecule has 0 saturated carbocycles. The number of carbonyl (C=O) groups is 2. The van der Waals surface area contributed by atoms with E-state index in [1.165, 1.54) is 0 Å². The van der Waals surface area contributed by atoms with E-state index < -0.39 is 267 Å². The average Bonchev–Trinajstić information content (AvgIpc) is 3.46. The number of nitrogens with one attached hydrogen (secondary N) is 2. The number of hydrogen-bond acceptors (Lipinski definition) is 35. The van der Waals surface area contributed by atoms with Crippen LogP contribution in [0.15, 0.2) is 0 Å². The number of hydrogen-bond donors (Lipinski definition) is 22. The number of aliphatic hydroxyl groups is 20. The Morgan fingerprint density at radius 2 is 0.687 bits per heavy atom. The van der Waals surface area contributed by atoms with Crippen molar-refractivity contribution in [1.82, 2.24) is 10.6 Å². The fourth-order valence-corrected chi connectivity index (χ4v) is 10.5. The summed E-state index contributed by atoms with van der Waals surface area (Å²) in [6, 6.07) is -2.82. The highest BCUT2D eigenvalue weighted by molar-refractivity contribution is 5.73. The minimum atomic E-state index is -2.31. The van der Waals surface area contributed by atoms with Crippen molar-refractivity contribution in [2.75, 3.05) is 52.9 Å². The van der Waals surface area contributed by atoms with Gasteiger partial charge in [0, 0.05) is 13.8 Å². The van der Waals surface area contributed by atoms with Crippen LogP contribution in [0.3, 0.4) is 0 Å². The van der Waals surface area contributed by atoms with Crippen molar-refractivity contribution in [2.24, 2.45) is 0 Å². The van der Waals surface area contributed by atoms with Crippen LogP contribution in [-0.2, 0) is 71.2 Å². The summed E-state index contributed by atoms with van der Waals surface area (Å²) in [7, 11) is 0. The lowest BCUT2D eigenvalue weighted by atomic mass is 9.94. The zero-order valence-electron chi connectivity index (χ0n) is 44.4. The summed E-state index contributed by atoms with van der Waals surface area (Å²) < 4.78 is 74.8. The molecule has 0 aromatic carbocycles. The van der Waals surface area contributed by atoms with E-state index in [1.54, 1.807) is 0 Å². The summed E-state index contributed by atoms with van der Waals surface area (Å²) in [5.41, 5.74) is 0. The predicted octanol–water partition coefficient (Wildman–Crippen LogP) is -15.3. The molecule has 0 unspecified atom stereocenters. The van der Waals surface area contributed by atoms with Gasteiger partial charge >= 0.3 is 0 Å². The van der Waals surface area contributed by atoms with Gasteiger partial charge in [0.1, 0.15) is 165 Å². The Hall–Kier alpha value is -2.38. The molecule has 0 aromatic heterocycles. The number of carbonyl (C=O) groups excluding carboxylic acids is 2. The molecule has 0 radical (unpaired) electrons. The van der Waals surface area contributed by atoms with Crippen molar-refractivity contribution in [3.63, 3.8) is 0 Å². The topological polar surface area (TPSA) is 583 Å². The van der Waals surface area contributed by atoms with Crippen LogP contribution in [0.5, 0.6) is 0 Å². The van der Waals surface area contributed by atoms with Gasteiger partial charge < -0.3 is 174 Å². The van der Waals surface area contributed by atoms with E-state index in [4.69, 9.17) is 61.6 Å². The van der Waals surface area contributed by atoms with Gasteiger partial charge in [0.2, 0.25) is 11.8 Å². The van der Waals surface area contributed by atoms with Crippen molar-refractivity contribution in [1.29, 1.82) is 0 Å². The van der Waals surface area contributed by atoms with Crippen LogP contribution in [0.2, 0.25) is 0 Å². The normalized spacial score (nSPS) is 49.9. The number of aliphatic hydroxyl groups excluding tert-OH is 20. The van der Waals surface area contributed by atoms with Gasteiger partial charge in [0.25, 0.3) is 0 Å². The zero-order chi connectivity index (χ0) is 61.0. The standard InChI is InChI=1S/C46H78N2O35/c1-11(54)47-13-8-71-17(6-52)37(22(13)56)80-41-21(48-12(2)55)28(62)38(18(7-53)77-41)81-46-36(70)40(83-45-34(68)31(65)25(59)16(5-51)76-45)27(61)20(79-46)10-73-43-35(69)39(82-44-33(67)30(64)24(58)15(4-50)75-44)26(60)19(78-43)9-72-42-32(66)29(63)23(57)14(3-49)74-42/h13-46,49-53,56-70H,3-10H2,1-2H3,(H,47,54)(H,48,55)/t13-,14+,15+,16+,17+,18+,19+,20+,21+,22+,23+,24+,25+,26+,27+,28+,29-,30-,31-,32-,33-,34-,35-,36-,37+,38+,39-,40-,41-,42-,43-,44+,45+,46-/m0/s1. The molecule has 34 atom stereocenters. The minimum Gasteiger partial charge on any atom is -0.394 e. The van der Waals surface area contributed by atoms with Crippen LogP contribution < -0.4 is 10.6 Å². The summed E-state index contributed by atoms with van der Waals surface area (Å²) in [5, 5.41) is 221. The Balaban J connectivity index is 1.17. The van der Waals surface area contributed by atoms with E-state index in [1.807, 2.05) is 0 Å². The minimum absolute atomic E-state index is 0.280. The van der Waals surface area contributed by atoms with Gasteiger partial charge in [-0.15, -0.1) is 0 Å². The molecule has 0 aromatic rings. The maximum atomic E-state index is 12.7. The van der Waals surface area contributed by atoms with E-state index in [9.17, 15) is 112 Å². The SMILES string of the molecule is CC(=O)N[C@H]1[C@H](O[C@H]2[C@H](O)[C@@H](NC(C)=O)CO[C@@H]2CO)O[C@H](CO)[C@@H](O[C@@H]2O[C@H](CO[C@H]3O[C@H](CO[C@H]4O[C@H](CO)[C@@H](O)[C@H](O)[C@@H]4O)[C@@H](O)[C@H](O[C@H]4O[C@H](CO)[C@@H](O)[C@H](O)[C@@H]4O)[C@@H]3O)[C@@H](O)[C@H](O[C@H]3O[C@H](CO)[C@@H](O)[C@H](O)[C@@H]3O)[C@@H]2O)[C@@H]1O. The smallest absolute Gasteiger partial charge is 0.217 e. The Morgan fingerprint density at radius 3 is 1.13 bits per heavy atom. The number of ether oxygens (including phenoxy) is 13. The molecule has 0 bridgehead atoms. The highest BCUT2D eigenvalue weighted by atomic mass is 16.8. The molecular weight excluding hydrogens is 1140 g/mol. The second-order valence-corrected chi connectivity index (χ2v) is 21.0. The first-order valence-corrected chi connectivity index (χ1v) is 26.5. The third-order valence-corrected chi connectivity index (χ3v) is 15.2. The predicted molar refractivity (Wildman–Crippen MR) is 254 cm³/mol. The quantitative estimate of drug-likeness (QED) is 0.0507. The molecule has 7 aliphatic rings. The molecule has 37 heteroatoms. The molecule has 37 nitrogen and oxygen atoms in total. The van der Waals surface area contributed by atoms with E-state index in [0.717, 1.165) is 13.8 Å². The lowest BCUT2D eigenvalue weighted by Gasteiger charge is -2.50. The first-order valence-electron chi connectivity index (χ1n) is 26.5. The van der Waals surface area contributed by atoms with Gasteiger partial charge in [0.15, 0.2) is 37.7 Å². The molecule has 0 spiro atoms. The van der Waals surface area contributed by atoms with E-state index in [0.29, 0.717) is 0 Å². The average molecular weight is 1220 g/mol. The maximum absolute atomic E-state index is 12.7. The molecule has 7 aliphatic heterocycles. The second-order valence-electron chi connectivity index (χ2n) is 21.0. The summed E-state index contributed by atoms with van der Waals surface area (Å²) in [6.45, 7) is -4.66. The van der Waals surface area contributed by atoms with Gasteiger partial charge in [-0.05, 0) is 0 Å². The molecule has 7 saturated heterocycles. The second kappa shape index (κ2) is 29.7. The van der Waals surface area contributed by atoms with Crippen LogP contribution in [0, 0.1) is 0 Å². The molecule has 0 aliphatic carbocycles. The summed E-state index contributed by atoms with van der Waals surface area (Å²) in [4.78, 5) is 24.6. The summed E-state index contributed by atoms with van der Waals surface area (Å²) in [6.07, 6.45) is -61.9. The van der Waals surface area contributed by atoms with E-state index in [2.05, 4.69) is 10.6 Å². The third kappa shape index (κ3) is 15.0. The van der Waals surface area contributed by atoms with Crippen LogP contribution in [0.4, 0.5) is 0 Å². The first-order chi connectivity index (χ1) is 39.3. The van der Waals surface area contributed by atoms with Crippen LogP contribution in [0.1, 0.15) is 13.8 Å². The van der Waals surface area contributed by atoms with Gasteiger partial charge in [-0.25, -0.2) is 0 Å². The lowest BCUT2D eigenvalue weighted by Crippen LogP contribution is -2.70. The molecular formula is C46H78N2O35. The largest absolute Gasteiger partial charge is 0.394 e. The van der Waals surface area contributed by atoms with Crippen molar-refractivity contribution in [3.05, 3.63) is 0 Å². The fraction of sp³-hybridized carbons (Fsp3) is 0.957. The van der Waals surface area contributed by atoms with Gasteiger partial charge in [-0.2, -0.15) is 0 Å². The summed E-state index contributed by atoms with van der Waals surface area (Å²) in [5.74, 6) is -1.40. The molecule has 2 amide bonds. The molecule has 7 heterocycles. The van der Waals surface area contributed by atoms with Gasteiger partial charge in [-0.3, -0.25) is 9.59 Å². The van der Waals surface area contributed by atoms with Crippen molar-refractivity contribution in [2.45, 2.75) is 222 Å². The Labute approximate surface area is 470 Å². The number of amides is 2. The molecule has 7 rings (SSSR count). The maximum Gasteiger partial charge on any atom is 0.217 e. The summed E-state index contributed by atoms with van der Waals surface area (Å²) >= 11 is 0. The highest BCUT2D eigenvalue weighted by Gasteiger charge is 2.57. The molecule has 83 heavy (non-hydrogen) atoms. The Morgan fingerprint density at radius 1 is 0.349 bits per heavy atom. The first kappa shape index (κ1) is 68.1. The van der Waals surface area contributed by atoms with Crippen LogP contribution >= 0.6 is 0 Å². The monoisotopic (exact) mass is 1220 g/mol. The van der Waals surface area contributed by atoms with Crippen molar-refractivity contribution in [3.8, 4) is 0 Å². The molecule has 7 fully saturated rings. The molecule has 482 valence electrons. The highest BCUT2D eigenvalue weighted by Crippen LogP contribution is 2.37. The van der Waals surface area contributed by atoms with Gasteiger partial charge in [-0.1, -0.05) is 0 Å². The van der Waals surface area contributed by atoms with Gasteiger partial charge in [0.05, 0.1) is 58.9 Å². The Kier molecular flexibility index (Phi) is 24.4. The molecule has 22 N–H and O–H groups in total. The van der Waals surface area contributed by atoms with Crippen molar-refractivity contribution < 1.29 is 173 Å². The van der Waals surface area contributed by atoms with E-state index >= 15 is 0 Å². The zero-order valence-corrected chi connectivity index (χ0v) is 44.4. The Bertz CT molecular complexity index is 2020. The van der Waals surface area contributed by atoms with Crippen LogP contribution in [0.25, 0.3) is 0 Å². The van der Waals surface area contributed by atoms with E-state index in [-0.39, 0.29) is 6.61 Å². The van der Waals surface area contributed by atoms with Crippen LogP contribution in [-0.4, -0.2) is 375 Å². The number of rotatable bonds is 21. The van der Waals surface area contributed by atoms with Crippen molar-refractivity contribution >= 4 is 11.8 Å². The lowest BCUT2D eigenvalue weighted by molar-refractivity contribution is -0.387. The third-order valence-electron chi connectivity index (χ3n) is 15.2. The fourth-order valence-electron chi connectivity index (χ4n) is 10.5.